The largest absolute Gasteiger partial charge is 0.296 e. The van der Waals surface area contributed by atoms with E-state index in [9.17, 15) is 8.78 Å². The van der Waals surface area contributed by atoms with Crippen molar-refractivity contribution < 1.29 is 8.78 Å². The van der Waals surface area contributed by atoms with Crippen molar-refractivity contribution in [1.29, 1.82) is 0 Å². The third-order valence-electron chi connectivity index (χ3n) is 5.98. The Kier molecular flexibility index (Phi) is 6.63. The van der Waals surface area contributed by atoms with Gasteiger partial charge in [0.25, 0.3) is 5.92 Å². The van der Waals surface area contributed by atoms with Crippen molar-refractivity contribution in [2.24, 2.45) is 0 Å². The molecule has 1 aromatic carbocycles. The summed E-state index contributed by atoms with van der Waals surface area (Å²) in [6.45, 7) is 15.6. The number of alkyl halides is 2. The number of piperazine rings is 1. The highest BCUT2D eigenvalue weighted by molar-refractivity contribution is 5.33. The minimum Gasteiger partial charge on any atom is -0.296 e. The van der Waals surface area contributed by atoms with Gasteiger partial charge in [-0.1, -0.05) is 38.1 Å². The number of aromatic nitrogens is 1. The lowest BCUT2D eigenvalue weighted by Crippen LogP contribution is -2.55. The lowest BCUT2D eigenvalue weighted by molar-refractivity contribution is 0.00469. The summed E-state index contributed by atoms with van der Waals surface area (Å²) in [5, 5.41) is 0. The average Bonchev–Trinajstić information content (AvgIpc) is 2.66. The summed E-state index contributed by atoms with van der Waals surface area (Å²) in [7, 11) is 0. The Hall–Kier alpha value is -1.85. The van der Waals surface area contributed by atoms with Gasteiger partial charge in [-0.2, -0.15) is 8.78 Å². The Balaban J connectivity index is 1.88. The number of hydrogen-bond acceptors (Lipinski definition) is 3. The van der Waals surface area contributed by atoms with Crippen LogP contribution in [0, 0.1) is 0 Å². The predicted molar refractivity (Wildman–Crippen MR) is 119 cm³/mol. The van der Waals surface area contributed by atoms with Crippen molar-refractivity contribution in [3.8, 4) is 0 Å². The van der Waals surface area contributed by atoms with E-state index in [-0.39, 0.29) is 17.3 Å². The molecular weight excluding hydrogens is 380 g/mol. The molecule has 1 fully saturated rings. The molecular formula is C25H35F2N3. The Morgan fingerprint density at radius 1 is 1.07 bits per heavy atom. The molecule has 1 aliphatic heterocycles. The number of nitrogens with zero attached hydrogens (tertiary/aromatic N) is 3. The smallest absolute Gasteiger partial charge is 0.286 e. The molecule has 2 heterocycles. The molecule has 1 aromatic heterocycles. The molecule has 1 aliphatic rings. The van der Waals surface area contributed by atoms with Crippen molar-refractivity contribution in [2.75, 3.05) is 19.6 Å². The van der Waals surface area contributed by atoms with Crippen LogP contribution in [0.3, 0.4) is 0 Å². The van der Waals surface area contributed by atoms with Gasteiger partial charge in [0, 0.05) is 50.9 Å². The second-order valence-corrected chi connectivity index (χ2v) is 9.84. The molecule has 1 unspecified atom stereocenters. The molecule has 0 spiro atoms. The molecule has 2 aromatic rings. The summed E-state index contributed by atoms with van der Waals surface area (Å²) in [4.78, 5) is 8.84. The van der Waals surface area contributed by atoms with E-state index in [0.717, 1.165) is 32.1 Å². The average molecular weight is 416 g/mol. The van der Waals surface area contributed by atoms with Crippen molar-refractivity contribution in [3.63, 3.8) is 0 Å². The lowest BCUT2D eigenvalue weighted by Gasteiger charge is -2.49. The van der Waals surface area contributed by atoms with Gasteiger partial charge in [0.2, 0.25) is 0 Å². The van der Waals surface area contributed by atoms with Gasteiger partial charge in [0.05, 0.1) is 0 Å². The van der Waals surface area contributed by atoms with Crippen LogP contribution in [0.1, 0.15) is 75.9 Å². The Labute approximate surface area is 180 Å². The topological polar surface area (TPSA) is 19.4 Å². The van der Waals surface area contributed by atoms with Crippen LogP contribution in [0.2, 0.25) is 0 Å². The molecule has 30 heavy (non-hydrogen) atoms. The zero-order chi connectivity index (χ0) is 22.1. The summed E-state index contributed by atoms with van der Waals surface area (Å²) in [6, 6.07) is 12.4. The molecule has 0 N–H and O–H groups in total. The van der Waals surface area contributed by atoms with E-state index in [2.05, 4.69) is 73.7 Å². The minimum absolute atomic E-state index is 0.0505. The van der Waals surface area contributed by atoms with Crippen LogP contribution in [0.15, 0.2) is 42.6 Å². The quantitative estimate of drug-likeness (QED) is 0.599. The first-order valence-corrected chi connectivity index (χ1v) is 10.9. The van der Waals surface area contributed by atoms with Gasteiger partial charge < -0.3 is 0 Å². The third kappa shape index (κ3) is 5.25. The van der Waals surface area contributed by atoms with Crippen LogP contribution < -0.4 is 0 Å². The Morgan fingerprint density at radius 2 is 1.77 bits per heavy atom. The second kappa shape index (κ2) is 8.72. The van der Waals surface area contributed by atoms with Crippen molar-refractivity contribution in [1.82, 2.24) is 14.8 Å². The Bertz CT molecular complexity index is 852. The first kappa shape index (κ1) is 22.8. The fourth-order valence-corrected chi connectivity index (χ4v) is 4.46. The van der Waals surface area contributed by atoms with E-state index in [1.165, 1.54) is 17.3 Å². The number of pyridine rings is 1. The fraction of sp³-hybridized carbons (Fsp3) is 0.560. The number of benzene rings is 1. The molecule has 0 aliphatic carbocycles. The zero-order valence-corrected chi connectivity index (χ0v) is 19.1. The van der Waals surface area contributed by atoms with E-state index in [1.54, 1.807) is 6.07 Å². The van der Waals surface area contributed by atoms with Gasteiger partial charge in [-0.05, 0) is 55.5 Å². The fourth-order valence-electron chi connectivity index (χ4n) is 4.46. The van der Waals surface area contributed by atoms with Crippen molar-refractivity contribution in [3.05, 3.63) is 65.0 Å². The highest BCUT2D eigenvalue weighted by Gasteiger charge is 2.36. The maximum atomic E-state index is 13.7. The molecule has 1 atom stereocenters. The maximum Gasteiger partial charge on any atom is 0.286 e. The van der Waals surface area contributed by atoms with Crippen molar-refractivity contribution >= 4 is 0 Å². The molecule has 0 amide bonds. The molecule has 3 rings (SSSR count). The van der Waals surface area contributed by atoms with E-state index >= 15 is 0 Å². The van der Waals surface area contributed by atoms with Gasteiger partial charge >= 0.3 is 0 Å². The van der Waals surface area contributed by atoms with Gasteiger partial charge in [-0.3, -0.25) is 14.8 Å². The van der Waals surface area contributed by atoms with E-state index < -0.39 is 5.92 Å². The molecule has 0 saturated carbocycles. The lowest BCUT2D eigenvalue weighted by atomic mass is 9.88. The number of halogens is 2. The highest BCUT2D eigenvalue weighted by Crippen LogP contribution is 2.36. The predicted octanol–water partition coefficient (Wildman–Crippen LogP) is 5.97. The molecule has 5 heteroatoms. The van der Waals surface area contributed by atoms with Gasteiger partial charge in [0.15, 0.2) is 0 Å². The van der Waals surface area contributed by atoms with Crippen LogP contribution >= 0.6 is 0 Å². The SMILES string of the molecule is CC(C)c1ccccc1C1CN(Cc2ccnc(C(C)(F)F)c2)CCN1C(C)(C)C. The second-order valence-electron chi connectivity index (χ2n) is 9.84. The summed E-state index contributed by atoms with van der Waals surface area (Å²) in [5.41, 5.74) is 3.55. The van der Waals surface area contributed by atoms with Gasteiger partial charge in [-0.25, -0.2) is 0 Å². The first-order valence-electron chi connectivity index (χ1n) is 10.9. The van der Waals surface area contributed by atoms with Gasteiger partial charge in [0.1, 0.15) is 5.69 Å². The zero-order valence-electron chi connectivity index (χ0n) is 19.1. The standard InChI is InChI=1S/C25H35F2N3/c1-18(2)20-9-7-8-10-21(20)22-17-29(13-14-30(22)24(3,4)5)16-19-11-12-28-23(15-19)25(6,26)27/h7-12,15,18,22H,13-14,16-17H2,1-6H3. The highest BCUT2D eigenvalue weighted by atomic mass is 19.3. The normalized spacial score (nSPS) is 19.4. The summed E-state index contributed by atoms with van der Waals surface area (Å²) < 4.78 is 27.4. The first-order chi connectivity index (χ1) is 14.0. The van der Waals surface area contributed by atoms with E-state index in [4.69, 9.17) is 0 Å². The summed E-state index contributed by atoms with van der Waals surface area (Å²) in [6.07, 6.45) is 1.50. The van der Waals surface area contributed by atoms with Crippen LogP contribution in [0.25, 0.3) is 0 Å². The molecule has 164 valence electrons. The third-order valence-corrected chi connectivity index (χ3v) is 5.98. The monoisotopic (exact) mass is 415 g/mol. The van der Waals surface area contributed by atoms with Crippen LogP contribution in [-0.4, -0.2) is 40.0 Å². The Morgan fingerprint density at radius 3 is 2.40 bits per heavy atom. The maximum absolute atomic E-state index is 13.7. The number of hydrogen-bond donors (Lipinski definition) is 0. The van der Waals surface area contributed by atoms with Crippen LogP contribution in [-0.2, 0) is 12.5 Å². The van der Waals surface area contributed by atoms with Crippen molar-refractivity contribution in [2.45, 2.75) is 71.5 Å². The molecule has 1 saturated heterocycles. The van der Waals surface area contributed by atoms with E-state index in [0.29, 0.717) is 12.5 Å². The summed E-state index contributed by atoms with van der Waals surface area (Å²) >= 11 is 0. The van der Waals surface area contributed by atoms with Gasteiger partial charge in [-0.15, -0.1) is 0 Å². The minimum atomic E-state index is -2.92. The number of rotatable bonds is 5. The molecule has 3 nitrogen and oxygen atoms in total. The molecule has 0 radical (unpaired) electrons. The van der Waals surface area contributed by atoms with Crippen LogP contribution in [0.5, 0.6) is 0 Å². The summed E-state index contributed by atoms with van der Waals surface area (Å²) in [5.74, 6) is -2.47. The van der Waals surface area contributed by atoms with E-state index in [1.807, 2.05) is 6.07 Å². The van der Waals surface area contributed by atoms with Crippen LogP contribution in [0.4, 0.5) is 8.78 Å². The molecule has 0 bridgehead atoms.